The average Bonchev–Trinajstić information content (AvgIpc) is 2.55. The zero-order valence-corrected chi connectivity index (χ0v) is 12.9. The van der Waals surface area contributed by atoms with Crippen LogP contribution in [0.2, 0.25) is 0 Å². The first-order chi connectivity index (χ1) is 11.1. The Kier molecular flexibility index (Phi) is 3.78. The Morgan fingerprint density at radius 2 is 1.91 bits per heavy atom. The van der Waals surface area contributed by atoms with Gasteiger partial charge >= 0.3 is 0 Å². The number of aryl methyl sites for hydroxylation is 2. The molecule has 0 aliphatic carbocycles. The Bertz CT molecular complexity index is 954. The van der Waals surface area contributed by atoms with Crippen LogP contribution in [0, 0.1) is 25.2 Å². The van der Waals surface area contributed by atoms with Crippen molar-refractivity contribution in [3.8, 4) is 6.07 Å². The van der Waals surface area contributed by atoms with Crippen molar-refractivity contribution in [2.75, 3.05) is 5.32 Å². The molecule has 0 saturated heterocycles. The normalized spacial score (nSPS) is 10.3. The number of nitrogens with one attached hydrogen (secondary N) is 1. The second kappa shape index (κ2) is 5.90. The maximum atomic E-state index is 12.7. The predicted molar refractivity (Wildman–Crippen MR) is 90.3 cm³/mol. The lowest BCUT2D eigenvalue weighted by atomic mass is 10.0. The number of nitriles is 1. The highest BCUT2D eigenvalue weighted by atomic mass is 16.1. The molecule has 1 heterocycles. The number of carbonyl (C=O) groups is 1. The Hall–Kier alpha value is -3.19. The van der Waals surface area contributed by atoms with E-state index in [-0.39, 0.29) is 5.91 Å². The lowest BCUT2D eigenvalue weighted by Gasteiger charge is -2.12. The lowest BCUT2D eigenvalue weighted by Crippen LogP contribution is -2.16. The molecular weight excluding hydrogens is 286 g/mol. The van der Waals surface area contributed by atoms with E-state index in [2.05, 4.69) is 16.4 Å². The quantitative estimate of drug-likeness (QED) is 0.778. The van der Waals surface area contributed by atoms with Crippen molar-refractivity contribution >= 4 is 22.5 Å². The highest BCUT2D eigenvalue weighted by molar-refractivity contribution is 6.08. The molecular formula is C19H15N3O. The van der Waals surface area contributed by atoms with E-state index in [1.54, 1.807) is 24.3 Å². The van der Waals surface area contributed by atoms with Gasteiger partial charge in [-0.1, -0.05) is 24.3 Å². The first kappa shape index (κ1) is 14.7. The number of anilines is 1. The van der Waals surface area contributed by atoms with Crippen LogP contribution in [0.5, 0.6) is 0 Å². The number of carbonyl (C=O) groups excluding carboxylic acids is 1. The molecule has 4 heteroatoms. The van der Waals surface area contributed by atoms with Gasteiger partial charge in [0.2, 0.25) is 0 Å². The standard InChI is InChI=1S/C19H15N3O/c1-12-16-8-3-4-9-17(16)21-13(2)18(12)19(23)22-15-7-5-6-14(10-15)11-20/h3-10H,1-2H3,(H,22,23). The van der Waals surface area contributed by atoms with Gasteiger partial charge in [0, 0.05) is 11.1 Å². The van der Waals surface area contributed by atoms with Gasteiger partial charge in [-0.3, -0.25) is 9.78 Å². The Balaban J connectivity index is 2.02. The van der Waals surface area contributed by atoms with Crippen molar-refractivity contribution in [2.24, 2.45) is 0 Å². The van der Waals surface area contributed by atoms with Crippen LogP contribution in [0.1, 0.15) is 27.2 Å². The van der Waals surface area contributed by atoms with Gasteiger partial charge in [-0.2, -0.15) is 5.26 Å². The van der Waals surface area contributed by atoms with Crippen molar-refractivity contribution in [3.05, 3.63) is 70.9 Å². The van der Waals surface area contributed by atoms with Gasteiger partial charge in [0.25, 0.3) is 5.91 Å². The number of para-hydroxylation sites is 1. The fraction of sp³-hybridized carbons (Fsp3) is 0.105. The molecule has 23 heavy (non-hydrogen) atoms. The molecule has 0 atom stereocenters. The highest BCUT2D eigenvalue weighted by Gasteiger charge is 2.16. The number of pyridine rings is 1. The third kappa shape index (κ3) is 2.77. The summed E-state index contributed by atoms with van der Waals surface area (Å²) in [7, 11) is 0. The van der Waals surface area contributed by atoms with Crippen LogP contribution in [-0.2, 0) is 0 Å². The highest BCUT2D eigenvalue weighted by Crippen LogP contribution is 2.23. The Morgan fingerprint density at radius 1 is 1.13 bits per heavy atom. The van der Waals surface area contributed by atoms with Crippen LogP contribution in [0.25, 0.3) is 10.9 Å². The maximum Gasteiger partial charge on any atom is 0.257 e. The number of benzene rings is 2. The summed E-state index contributed by atoms with van der Waals surface area (Å²) in [6.45, 7) is 3.76. The first-order valence-electron chi connectivity index (χ1n) is 7.27. The average molecular weight is 301 g/mol. The molecule has 112 valence electrons. The van der Waals surface area contributed by atoms with Gasteiger partial charge in [-0.15, -0.1) is 0 Å². The second-order valence-corrected chi connectivity index (χ2v) is 5.36. The Labute approximate surface area is 134 Å². The van der Waals surface area contributed by atoms with E-state index in [1.807, 2.05) is 38.1 Å². The molecule has 1 N–H and O–H groups in total. The van der Waals surface area contributed by atoms with E-state index in [0.29, 0.717) is 22.5 Å². The molecule has 0 saturated carbocycles. The maximum absolute atomic E-state index is 12.7. The molecule has 0 unspecified atom stereocenters. The van der Waals surface area contributed by atoms with Crippen molar-refractivity contribution in [1.82, 2.24) is 4.98 Å². The monoisotopic (exact) mass is 301 g/mol. The van der Waals surface area contributed by atoms with Crippen LogP contribution in [0.15, 0.2) is 48.5 Å². The zero-order valence-electron chi connectivity index (χ0n) is 12.9. The molecule has 0 aliphatic heterocycles. The lowest BCUT2D eigenvalue weighted by molar-refractivity contribution is 0.102. The van der Waals surface area contributed by atoms with Crippen LogP contribution in [-0.4, -0.2) is 10.9 Å². The molecule has 0 spiro atoms. The molecule has 3 aromatic rings. The van der Waals surface area contributed by atoms with E-state index < -0.39 is 0 Å². The molecule has 0 radical (unpaired) electrons. The third-order valence-corrected chi connectivity index (χ3v) is 3.81. The molecule has 0 aliphatic rings. The van der Waals surface area contributed by atoms with Crippen molar-refractivity contribution in [1.29, 1.82) is 5.26 Å². The van der Waals surface area contributed by atoms with Crippen LogP contribution in [0.3, 0.4) is 0 Å². The van der Waals surface area contributed by atoms with Gasteiger partial charge in [0.1, 0.15) is 0 Å². The minimum Gasteiger partial charge on any atom is -0.322 e. The largest absolute Gasteiger partial charge is 0.322 e. The number of nitrogens with zero attached hydrogens (tertiary/aromatic N) is 2. The molecule has 3 rings (SSSR count). The summed E-state index contributed by atoms with van der Waals surface area (Å²) >= 11 is 0. The number of rotatable bonds is 2. The van der Waals surface area contributed by atoms with E-state index in [4.69, 9.17) is 5.26 Å². The second-order valence-electron chi connectivity index (χ2n) is 5.36. The van der Waals surface area contributed by atoms with Gasteiger partial charge in [0.15, 0.2) is 0 Å². The minimum atomic E-state index is -0.214. The molecule has 0 bridgehead atoms. The van der Waals surface area contributed by atoms with Gasteiger partial charge < -0.3 is 5.32 Å². The first-order valence-corrected chi connectivity index (χ1v) is 7.27. The number of hydrogen-bond donors (Lipinski definition) is 1. The SMILES string of the molecule is Cc1nc2ccccc2c(C)c1C(=O)Nc1cccc(C#N)c1. The predicted octanol–water partition coefficient (Wildman–Crippen LogP) is 3.98. The van der Waals surface area contributed by atoms with E-state index >= 15 is 0 Å². The smallest absolute Gasteiger partial charge is 0.257 e. The van der Waals surface area contributed by atoms with Gasteiger partial charge in [-0.05, 0) is 43.7 Å². The van der Waals surface area contributed by atoms with E-state index in [0.717, 1.165) is 16.5 Å². The van der Waals surface area contributed by atoms with Crippen LogP contribution in [0.4, 0.5) is 5.69 Å². The summed E-state index contributed by atoms with van der Waals surface area (Å²) in [5, 5.41) is 12.8. The third-order valence-electron chi connectivity index (χ3n) is 3.81. The molecule has 1 aromatic heterocycles. The number of hydrogen-bond acceptors (Lipinski definition) is 3. The van der Waals surface area contributed by atoms with Crippen molar-refractivity contribution in [3.63, 3.8) is 0 Å². The number of fused-ring (bicyclic) bond motifs is 1. The fourth-order valence-corrected chi connectivity index (χ4v) is 2.73. The molecule has 2 aromatic carbocycles. The number of amides is 1. The van der Waals surface area contributed by atoms with Crippen molar-refractivity contribution in [2.45, 2.75) is 13.8 Å². The molecule has 0 fully saturated rings. The Morgan fingerprint density at radius 3 is 2.70 bits per heavy atom. The summed E-state index contributed by atoms with van der Waals surface area (Å²) in [6, 6.07) is 16.7. The van der Waals surface area contributed by atoms with Crippen LogP contribution < -0.4 is 5.32 Å². The van der Waals surface area contributed by atoms with E-state index in [1.165, 1.54) is 0 Å². The fourth-order valence-electron chi connectivity index (χ4n) is 2.73. The van der Waals surface area contributed by atoms with Gasteiger partial charge in [-0.25, -0.2) is 0 Å². The number of aromatic nitrogens is 1. The summed E-state index contributed by atoms with van der Waals surface area (Å²) in [5.41, 5.74) is 4.16. The van der Waals surface area contributed by atoms with Crippen molar-refractivity contribution < 1.29 is 4.79 Å². The zero-order chi connectivity index (χ0) is 16.4. The molecule has 4 nitrogen and oxygen atoms in total. The molecule has 1 amide bonds. The topological polar surface area (TPSA) is 65.8 Å². The van der Waals surface area contributed by atoms with Crippen LogP contribution >= 0.6 is 0 Å². The van der Waals surface area contributed by atoms with Gasteiger partial charge in [0.05, 0.1) is 28.4 Å². The summed E-state index contributed by atoms with van der Waals surface area (Å²) in [5.74, 6) is -0.214. The van der Waals surface area contributed by atoms with E-state index in [9.17, 15) is 4.79 Å². The summed E-state index contributed by atoms with van der Waals surface area (Å²) < 4.78 is 0. The summed E-state index contributed by atoms with van der Waals surface area (Å²) in [4.78, 5) is 17.2. The minimum absolute atomic E-state index is 0.214. The summed E-state index contributed by atoms with van der Waals surface area (Å²) in [6.07, 6.45) is 0.